The predicted octanol–water partition coefficient (Wildman–Crippen LogP) is -5.53. The molecule has 0 spiro atoms. The van der Waals surface area contributed by atoms with Crippen molar-refractivity contribution in [2.24, 2.45) is 0 Å². The van der Waals surface area contributed by atoms with Crippen molar-refractivity contribution in [3.63, 3.8) is 0 Å². The van der Waals surface area contributed by atoms with Crippen molar-refractivity contribution < 1.29 is 50.4 Å². The minimum absolute atomic E-state index is 0.757. The van der Waals surface area contributed by atoms with E-state index in [1.54, 1.807) is 0 Å². The van der Waals surface area contributed by atoms with E-state index in [1.165, 1.54) is 0 Å². The highest BCUT2D eigenvalue weighted by Gasteiger charge is 2.48. The van der Waals surface area contributed by atoms with Crippen molar-refractivity contribution in [1.82, 2.24) is 0 Å². The highest BCUT2D eigenvalue weighted by atomic mass is 16.5. The molecular weight excluding hydrogens is 292 g/mol. The zero-order valence-corrected chi connectivity index (χ0v) is 10.9. The minimum atomic E-state index is -2.20. The Bertz CT molecular complexity index is 348. The third-order valence-electron chi connectivity index (χ3n) is 3.37. The Morgan fingerprint density at radius 1 is 1.00 bits per heavy atom. The summed E-state index contributed by atoms with van der Waals surface area (Å²) in [6.45, 7) is -1.67. The van der Waals surface area contributed by atoms with E-state index >= 15 is 0 Å². The molecule has 0 unspecified atom stereocenters. The molecular formula is C11H20O10. The van der Waals surface area contributed by atoms with Crippen LogP contribution in [0.25, 0.3) is 0 Å². The number of hydrogen-bond donors (Lipinski definition) is 8. The topological polar surface area (TPSA) is 188 Å². The van der Waals surface area contributed by atoms with Crippen molar-refractivity contribution in [2.75, 3.05) is 13.2 Å². The van der Waals surface area contributed by atoms with Crippen LogP contribution in [-0.2, 0) is 9.53 Å². The number of hydrogen-bond acceptors (Lipinski definition) is 10. The second-order valence-corrected chi connectivity index (χ2v) is 4.84. The summed E-state index contributed by atoms with van der Waals surface area (Å²) in [7, 11) is 0. The molecule has 21 heavy (non-hydrogen) atoms. The average molecular weight is 312 g/mol. The van der Waals surface area contributed by atoms with Crippen molar-refractivity contribution in [1.29, 1.82) is 0 Å². The second-order valence-electron chi connectivity index (χ2n) is 4.84. The summed E-state index contributed by atoms with van der Waals surface area (Å²) in [6, 6.07) is 0. The van der Waals surface area contributed by atoms with E-state index in [0.29, 0.717) is 0 Å². The summed E-state index contributed by atoms with van der Waals surface area (Å²) in [6.07, 6.45) is -14.6. The molecule has 1 heterocycles. The highest BCUT2D eigenvalue weighted by molar-refractivity contribution is 5.88. The quantitative estimate of drug-likeness (QED) is 0.235. The predicted molar refractivity (Wildman–Crippen MR) is 63.9 cm³/mol. The summed E-state index contributed by atoms with van der Waals surface area (Å²) in [5.41, 5.74) is 0. The fraction of sp³-hybridized carbons (Fsp3) is 0.909. The Morgan fingerprint density at radius 3 is 2.05 bits per heavy atom. The first-order valence-electron chi connectivity index (χ1n) is 6.25. The van der Waals surface area contributed by atoms with Crippen molar-refractivity contribution >= 4 is 5.78 Å². The Hall–Kier alpha value is -0.690. The molecule has 0 aromatic heterocycles. The molecule has 0 amide bonds. The van der Waals surface area contributed by atoms with Gasteiger partial charge in [-0.3, -0.25) is 4.79 Å². The van der Waals surface area contributed by atoms with Crippen LogP contribution in [0.3, 0.4) is 0 Å². The molecule has 1 saturated heterocycles. The zero-order valence-electron chi connectivity index (χ0n) is 10.9. The summed E-state index contributed by atoms with van der Waals surface area (Å²) in [5, 5.41) is 74.5. The molecule has 1 aliphatic heterocycles. The Balaban J connectivity index is 2.85. The van der Waals surface area contributed by atoms with Gasteiger partial charge in [0.15, 0.2) is 5.78 Å². The lowest BCUT2D eigenvalue weighted by Gasteiger charge is -2.40. The summed E-state index contributed by atoms with van der Waals surface area (Å²) >= 11 is 0. The van der Waals surface area contributed by atoms with Crippen LogP contribution in [0.5, 0.6) is 0 Å². The number of carbonyl (C=O) groups is 1. The fourth-order valence-electron chi connectivity index (χ4n) is 1.99. The number of ether oxygens (including phenoxy) is 1. The van der Waals surface area contributed by atoms with Gasteiger partial charge >= 0.3 is 0 Å². The fourth-order valence-corrected chi connectivity index (χ4v) is 1.99. The van der Waals surface area contributed by atoms with E-state index in [2.05, 4.69) is 0 Å². The molecule has 1 fully saturated rings. The van der Waals surface area contributed by atoms with Crippen LogP contribution in [0.2, 0.25) is 0 Å². The van der Waals surface area contributed by atoms with Crippen LogP contribution in [0.15, 0.2) is 0 Å². The molecule has 0 aliphatic carbocycles. The monoisotopic (exact) mass is 312 g/mol. The Morgan fingerprint density at radius 2 is 1.57 bits per heavy atom. The number of Topliss-reactive ketones (excluding diaryl/α,β-unsaturated/α-hetero) is 1. The molecule has 10 nitrogen and oxygen atoms in total. The molecule has 0 saturated carbocycles. The first-order valence-corrected chi connectivity index (χ1v) is 6.25. The first-order chi connectivity index (χ1) is 9.76. The molecule has 1 aliphatic rings. The van der Waals surface area contributed by atoms with Crippen LogP contribution in [0, 0.1) is 0 Å². The van der Waals surface area contributed by atoms with E-state index in [0.717, 1.165) is 0 Å². The molecule has 10 heteroatoms. The lowest BCUT2D eigenvalue weighted by molar-refractivity contribution is -0.230. The van der Waals surface area contributed by atoms with Crippen LogP contribution >= 0.6 is 0 Å². The molecule has 1 rings (SSSR count). The normalized spacial score (nSPS) is 37.8. The maximum atomic E-state index is 11.9. The van der Waals surface area contributed by atoms with E-state index in [4.69, 9.17) is 20.1 Å². The van der Waals surface area contributed by atoms with Gasteiger partial charge in [-0.05, 0) is 0 Å². The Kier molecular flexibility index (Phi) is 6.59. The molecule has 0 radical (unpaired) electrons. The maximum Gasteiger partial charge on any atom is 0.195 e. The van der Waals surface area contributed by atoms with Crippen molar-refractivity contribution in [3.05, 3.63) is 0 Å². The van der Waals surface area contributed by atoms with Crippen LogP contribution in [0.4, 0.5) is 0 Å². The van der Waals surface area contributed by atoms with Gasteiger partial charge in [-0.1, -0.05) is 0 Å². The molecule has 8 N–H and O–H groups in total. The highest BCUT2D eigenvalue weighted by Crippen LogP contribution is 2.23. The largest absolute Gasteiger partial charge is 0.394 e. The Labute approximate surface area is 119 Å². The van der Waals surface area contributed by atoms with Crippen molar-refractivity contribution in [2.45, 2.75) is 48.8 Å². The van der Waals surface area contributed by atoms with Gasteiger partial charge < -0.3 is 45.6 Å². The van der Waals surface area contributed by atoms with E-state index in [-0.39, 0.29) is 0 Å². The number of carbonyl (C=O) groups excluding carboxylic acids is 1. The van der Waals surface area contributed by atoms with Crippen LogP contribution in [-0.4, -0.2) is 109 Å². The van der Waals surface area contributed by atoms with E-state index < -0.39 is 67.8 Å². The molecule has 8 atom stereocenters. The van der Waals surface area contributed by atoms with Gasteiger partial charge in [-0.25, -0.2) is 0 Å². The number of aliphatic hydroxyl groups excluding tert-OH is 8. The first kappa shape index (κ1) is 18.4. The number of rotatable bonds is 6. The summed E-state index contributed by atoms with van der Waals surface area (Å²) < 4.78 is 4.90. The smallest absolute Gasteiger partial charge is 0.195 e. The third kappa shape index (κ3) is 3.74. The SMILES string of the molecule is O=C([C@H](O)[C@@H](O)[C@H](O)CO)[C@@H]1O[C@H](CO)[C@H](O)[C@H](O)[C@H]1O. The van der Waals surface area contributed by atoms with Gasteiger partial charge in [0.1, 0.15) is 48.8 Å². The van der Waals surface area contributed by atoms with Crippen molar-refractivity contribution in [3.8, 4) is 0 Å². The lowest BCUT2D eigenvalue weighted by Crippen LogP contribution is -2.63. The molecule has 0 aromatic carbocycles. The lowest BCUT2D eigenvalue weighted by atomic mass is 9.90. The maximum absolute atomic E-state index is 11.9. The van der Waals surface area contributed by atoms with E-state index in [9.17, 15) is 30.3 Å². The van der Waals surface area contributed by atoms with E-state index in [1.807, 2.05) is 0 Å². The van der Waals surface area contributed by atoms with Crippen LogP contribution in [0.1, 0.15) is 0 Å². The van der Waals surface area contributed by atoms with Gasteiger partial charge in [0, 0.05) is 0 Å². The van der Waals surface area contributed by atoms with Crippen LogP contribution < -0.4 is 0 Å². The van der Waals surface area contributed by atoms with Gasteiger partial charge in [-0.15, -0.1) is 0 Å². The van der Waals surface area contributed by atoms with Gasteiger partial charge in [0.25, 0.3) is 0 Å². The summed E-state index contributed by atoms with van der Waals surface area (Å²) in [5.74, 6) is -1.27. The standard InChI is InChI=1S/C11H20O10/c12-1-3(14)5(15)7(17)9(19)11-10(20)8(18)6(16)4(2-13)21-11/h3-8,10-18,20H,1-2H2/t3-,4-,5+,6+,7-,8+,10-,11+/m1/s1. The van der Waals surface area contributed by atoms with Gasteiger partial charge in [0.05, 0.1) is 13.2 Å². The average Bonchev–Trinajstić information content (AvgIpc) is 2.50. The molecule has 124 valence electrons. The number of aliphatic hydroxyl groups is 8. The molecule has 0 aromatic rings. The van der Waals surface area contributed by atoms with Gasteiger partial charge in [-0.2, -0.15) is 0 Å². The number of ketones is 1. The van der Waals surface area contributed by atoms with Gasteiger partial charge in [0.2, 0.25) is 0 Å². The second kappa shape index (κ2) is 7.54. The minimum Gasteiger partial charge on any atom is -0.394 e. The molecule has 0 bridgehead atoms. The third-order valence-corrected chi connectivity index (χ3v) is 3.37. The summed E-state index contributed by atoms with van der Waals surface area (Å²) in [4.78, 5) is 11.9. The zero-order chi connectivity index (χ0) is 16.3.